The fraction of sp³-hybridized carbons (Fsp3) is 0.360. The molecular formula is C25H29N3O5S. The topological polar surface area (TPSA) is 110 Å². The zero-order valence-corrected chi connectivity index (χ0v) is 19.9. The maximum absolute atomic E-state index is 13.2. The number of amides is 1. The van der Waals surface area contributed by atoms with Crippen molar-refractivity contribution in [2.45, 2.75) is 49.5 Å². The number of carbonyl (C=O) groups excluding carboxylic acids is 1. The second-order valence-corrected chi connectivity index (χ2v) is 10.3. The van der Waals surface area contributed by atoms with Crippen molar-refractivity contribution >= 4 is 27.0 Å². The van der Waals surface area contributed by atoms with E-state index in [2.05, 4.69) is 16.1 Å². The summed E-state index contributed by atoms with van der Waals surface area (Å²) in [5, 5.41) is 2.89. The highest BCUT2D eigenvalue weighted by atomic mass is 32.2. The summed E-state index contributed by atoms with van der Waals surface area (Å²) >= 11 is 0. The van der Waals surface area contributed by atoms with Gasteiger partial charge in [0.25, 0.3) is 0 Å². The van der Waals surface area contributed by atoms with Gasteiger partial charge in [-0.1, -0.05) is 42.0 Å². The molecule has 0 spiro atoms. The summed E-state index contributed by atoms with van der Waals surface area (Å²) in [5.41, 5.74) is 2.83. The van der Waals surface area contributed by atoms with Crippen LogP contribution >= 0.6 is 0 Å². The number of hydrogen-bond acceptors (Lipinski definition) is 5. The van der Waals surface area contributed by atoms with Crippen LogP contribution in [0.25, 0.3) is 11.1 Å². The molecule has 8 nitrogen and oxygen atoms in total. The molecule has 0 aliphatic heterocycles. The van der Waals surface area contributed by atoms with Crippen LogP contribution < -0.4 is 15.8 Å². The van der Waals surface area contributed by atoms with Crippen molar-refractivity contribution in [3.05, 3.63) is 76.3 Å². The van der Waals surface area contributed by atoms with Gasteiger partial charge in [-0.25, -0.2) is 13.2 Å². The van der Waals surface area contributed by atoms with Crippen molar-refractivity contribution in [1.82, 2.24) is 14.6 Å². The summed E-state index contributed by atoms with van der Waals surface area (Å²) < 4.78 is 35.3. The van der Waals surface area contributed by atoms with E-state index in [4.69, 9.17) is 4.42 Å². The van der Waals surface area contributed by atoms with E-state index in [1.54, 1.807) is 7.05 Å². The minimum Gasteiger partial charge on any atom is -0.408 e. The number of aromatic nitrogens is 1. The SMILES string of the molecule is Cn1c(=O)oc2cc(S(=O)(=O)NC(Cc3ccccc3)C(=O)NCCC3=CCCCC3)ccc21. The first kappa shape index (κ1) is 24.0. The predicted octanol–water partition coefficient (Wildman–Crippen LogP) is 3.03. The van der Waals surface area contributed by atoms with Crippen molar-refractivity contribution in [2.24, 2.45) is 7.05 Å². The van der Waals surface area contributed by atoms with Gasteiger partial charge in [-0.2, -0.15) is 4.72 Å². The van der Waals surface area contributed by atoms with Crippen LogP contribution in [0, 0.1) is 0 Å². The zero-order chi connectivity index (χ0) is 24.1. The molecule has 1 aromatic heterocycles. The molecule has 2 aromatic carbocycles. The number of allylic oxidation sites excluding steroid dienone is 1. The van der Waals surface area contributed by atoms with Crippen LogP contribution in [-0.4, -0.2) is 31.5 Å². The summed E-state index contributed by atoms with van der Waals surface area (Å²) in [6, 6.07) is 12.5. The lowest BCUT2D eigenvalue weighted by atomic mass is 9.97. The van der Waals surface area contributed by atoms with Gasteiger partial charge in [0.15, 0.2) is 5.58 Å². The Morgan fingerprint density at radius 2 is 1.94 bits per heavy atom. The Morgan fingerprint density at radius 3 is 2.68 bits per heavy atom. The van der Waals surface area contributed by atoms with Gasteiger partial charge in [0.05, 0.1) is 10.4 Å². The van der Waals surface area contributed by atoms with Gasteiger partial charge in [-0.3, -0.25) is 9.36 Å². The molecule has 0 saturated carbocycles. The molecule has 4 rings (SSSR count). The van der Waals surface area contributed by atoms with Crippen LogP contribution in [0.1, 0.15) is 37.7 Å². The van der Waals surface area contributed by atoms with Gasteiger partial charge in [0.2, 0.25) is 15.9 Å². The lowest BCUT2D eigenvalue weighted by molar-refractivity contribution is -0.122. The molecule has 3 aromatic rings. The smallest absolute Gasteiger partial charge is 0.408 e. The fourth-order valence-electron chi connectivity index (χ4n) is 4.18. The van der Waals surface area contributed by atoms with E-state index < -0.39 is 21.8 Å². The summed E-state index contributed by atoms with van der Waals surface area (Å²) in [6.07, 6.45) is 7.70. The van der Waals surface area contributed by atoms with Crippen molar-refractivity contribution in [2.75, 3.05) is 6.54 Å². The molecular weight excluding hydrogens is 454 g/mol. The van der Waals surface area contributed by atoms with Crippen LogP contribution in [0.3, 0.4) is 0 Å². The molecule has 0 fully saturated rings. The van der Waals surface area contributed by atoms with E-state index in [-0.39, 0.29) is 22.8 Å². The van der Waals surface area contributed by atoms with Gasteiger partial charge >= 0.3 is 5.76 Å². The molecule has 9 heteroatoms. The molecule has 0 saturated heterocycles. The third-order valence-corrected chi connectivity index (χ3v) is 7.57. The molecule has 1 unspecified atom stereocenters. The van der Waals surface area contributed by atoms with Gasteiger partial charge in [-0.15, -0.1) is 0 Å². The summed E-state index contributed by atoms with van der Waals surface area (Å²) in [7, 11) is -2.51. The molecule has 180 valence electrons. The van der Waals surface area contributed by atoms with Gasteiger partial charge in [0, 0.05) is 19.7 Å². The van der Waals surface area contributed by atoms with Gasteiger partial charge in [-0.05, 0) is 56.2 Å². The summed E-state index contributed by atoms with van der Waals surface area (Å²) in [5.74, 6) is -0.955. The molecule has 1 heterocycles. The molecule has 1 amide bonds. The Bertz CT molecular complexity index is 1360. The quantitative estimate of drug-likeness (QED) is 0.455. The lowest BCUT2D eigenvalue weighted by Gasteiger charge is -2.19. The highest BCUT2D eigenvalue weighted by Crippen LogP contribution is 2.20. The molecule has 0 bridgehead atoms. The van der Waals surface area contributed by atoms with Crippen LogP contribution in [0.15, 0.2) is 74.3 Å². The minimum atomic E-state index is -4.06. The number of sulfonamides is 1. The number of fused-ring (bicyclic) bond motifs is 1. The summed E-state index contributed by atoms with van der Waals surface area (Å²) in [4.78, 5) is 24.7. The monoisotopic (exact) mass is 483 g/mol. The number of nitrogens with one attached hydrogen (secondary N) is 2. The average molecular weight is 484 g/mol. The van der Waals surface area contributed by atoms with Crippen LogP contribution in [0.4, 0.5) is 0 Å². The lowest BCUT2D eigenvalue weighted by Crippen LogP contribution is -2.48. The van der Waals surface area contributed by atoms with Crippen LogP contribution in [-0.2, 0) is 28.3 Å². The van der Waals surface area contributed by atoms with Crippen molar-refractivity contribution in [3.63, 3.8) is 0 Å². The van der Waals surface area contributed by atoms with Gasteiger partial charge < -0.3 is 9.73 Å². The molecule has 34 heavy (non-hydrogen) atoms. The first-order valence-corrected chi connectivity index (χ1v) is 12.9. The van der Waals surface area contributed by atoms with Crippen molar-refractivity contribution in [1.29, 1.82) is 0 Å². The molecule has 1 atom stereocenters. The number of rotatable bonds is 9. The van der Waals surface area contributed by atoms with Crippen LogP contribution in [0.2, 0.25) is 0 Å². The van der Waals surface area contributed by atoms with E-state index in [0.29, 0.717) is 12.1 Å². The van der Waals surface area contributed by atoms with Crippen LogP contribution in [0.5, 0.6) is 0 Å². The Hall–Kier alpha value is -3.17. The Morgan fingerprint density at radius 1 is 1.15 bits per heavy atom. The minimum absolute atomic E-state index is 0.0763. The average Bonchev–Trinajstić information content (AvgIpc) is 3.12. The highest BCUT2D eigenvalue weighted by molar-refractivity contribution is 7.89. The van der Waals surface area contributed by atoms with E-state index >= 15 is 0 Å². The van der Waals surface area contributed by atoms with Crippen molar-refractivity contribution in [3.8, 4) is 0 Å². The number of carbonyl (C=O) groups is 1. The maximum Gasteiger partial charge on any atom is 0.419 e. The number of aryl methyl sites for hydroxylation is 1. The van der Waals surface area contributed by atoms with E-state index in [1.807, 2.05) is 30.3 Å². The maximum atomic E-state index is 13.2. The Balaban J connectivity index is 1.52. The normalized spacial score (nSPS) is 15.1. The predicted molar refractivity (Wildman–Crippen MR) is 130 cm³/mol. The van der Waals surface area contributed by atoms with E-state index in [0.717, 1.165) is 24.8 Å². The van der Waals surface area contributed by atoms with E-state index in [1.165, 1.54) is 41.2 Å². The first-order valence-electron chi connectivity index (χ1n) is 11.4. The van der Waals surface area contributed by atoms with E-state index in [9.17, 15) is 18.0 Å². The highest BCUT2D eigenvalue weighted by Gasteiger charge is 2.27. The first-order chi connectivity index (χ1) is 16.3. The Labute approximate surface area is 198 Å². The number of nitrogens with zero attached hydrogens (tertiary/aromatic N) is 1. The third-order valence-electron chi connectivity index (χ3n) is 6.10. The zero-order valence-electron chi connectivity index (χ0n) is 19.1. The second kappa shape index (κ2) is 10.4. The molecule has 1 aliphatic rings. The standard InChI is InChI=1S/C25H29N3O5S/c1-28-22-13-12-20(17-23(22)33-25(28)30)34(31,32)27-21(16-19-10-6-3-7-11-19)24(29)26-15-14-18-8-4-2-5-9-18/h3,6-8,10-13,17,21,27H,2,4-5,9,14-16H2,1H3,(H,26,29). The van der Waals surface area contributed by atoms with Gasteiger partial charge in [0.1, 0.15) is 6.04 Å². The number of oxazole rings is 1. The third kappa shape index (κ3) is 5.66. The molecule has 1 aliphatic carbocycles. The molecule has 0 radical (unpaired) electrons. The second-order valence-electron chi connectivity index (χ2n) is 8.57. The fourth-order valence-corrected chi connectivity index (χ4v) is 5.39. The molecule has 2 N–H and O–H groups in total. The number of hydrogen-bond donors (Lipinski definition) is 2. The number of benzene rings is 2. The van der Waals surface area contributed by atoms with Crippen molar-refractivity contribution < 1.29 is 17.6 Å². The largest absolute Gasteiger partial charge is 0.419 e. The summed E-state index contributed by atoms with van der Waals surface area (Å²) in [6.45, 7) is 0.457. The Kier molecular flexibility index (Phi) is 7.33.